The molecule has 8 heteroatoms. The number of nitrogens with zero attached hydrogens (tertiary/aromatic N) is 3. The topological polar surface area (TPSA) is 68.5 Å². The van der Waals surface area contributed by atoms with Gasteiger partial charge in [-0.3, -0.25) is 10.1 Å². The number of thioether (sulfide) groups is 1. The first-order valence-electron chi connectivity index (χ1n) is 6.52. The maximum absolute atomic E-state index is 10.6. The molecule has 0 saturated heterocycles. The monoisotopic (exact) mass is 351 g/mol. The van der Waals surface area contributed by atoms with Gasteiger partial charge in [-0.05, 0) is 36.6 Å². The van der Waals surface area contributed by atoms with E-state index in [-0.39, 0.29) is 0 Å². The zero-order valence-electron chi connectivity index (χ0n) is 12.5. The molecule has 0 aliphatic carbocycles. The summed E-state index contributed by atoms with van der Waals surface area (Å²) < 4.78 is 5.60. The van der Waals surface area contributed by atoms with E-state index in [1.165, 1.54) is 11.8 Å². The molecule has 0 aliphatic heterocycles. The van der Waals surface area contributed by atoms with E-state index in [0.29, 0.717) is 21.7 Å². The Balaban J connectivity index is 2.12. The smallest absolute Gasteiger partial charge is 0.264 e. The Hall–Kier alpha value is -2.25. The van der Waals surface area contributed by atoms with E-state index >= 15 is 0 Å². The second kappa shape index (κ2) is 7.85. The molecule has 2 rings (SSSR count). The number of hydrogen-bond acceptors (Lipinski definition) is 6. The third-order valence-corrected chi connectivity index (χ3v) is 3.95. The van der Waals surface area contributed by atoms with Crippen molar-refractivity contribution in [2.24, 2.45) is 0 Å². The van der Waals surface area contributed by atoms with E-state index in [1.54, 1.807) is 60.8 Å². The average Bonchev–Trinajstić information content (AvgIpc) is 2.54. The van der Waals surface area contributed by atoms with Crippen molar-refractivity contribution in [2.75, 3.05) is 18.2 Å². The second-order valence-corrected chi connectivity index (χ2v) is 5.69. The Bertz CT molecular complexity index is 705. The number of ether oxygens (including phenoxy) is 1. The highest BCUT2D eigenvalue weighted by Gasteiger charge is 2.11. The van der Waals surface area contributed by atoms with Gasteiger partial charge < -0.3 is 9.64 Å². The number of rotatable bonds is 6. The molecule has 2 aromatic rings. The van der Waals surface area contributed by atoms with Gasteiger partial charge in [-0.25, -0.2) is 4.98 Å². The van der Waals surface area contributed by atoms with Crippen LogP contribution in [0.2, 0.25) is 5.02 Å². The van der Waals surface area contributed by atoms with E-state index < -0.39 is 4.92 Å². The molecule has 0 aliphatic rings. The average molecular weight is 352 g/mol. The van der Waals surface area contributed by atoms with Gasteiger partial charge in [-0.1, -0.05) is 11.6 Å². The third kappa shape index (κ3) is 4.87. The maximum Gasteiger partial charge on any atom is 0.264 e. The van der Waals surface area contributed by atoms with Crippen LogP contribution in [0.5, 0.6) is 11.6 Å². The molecule has 0 saturated carbocycles. The summed E-state index contributed by atoms with van der Waals surface area (Å²) in [5.74, 6) is 1.05. The summed E-state index contributed by atoms with van der Waals surface area (Å²) in [4.78, 5) is 16.0. The highest BCUT2D eigenvalue weighted by Crippen LogP contribution is 2.26. The molecule has 23 heavy (non-hydrogen) atoms. The summed E-state index contributed by atoms with van der Waals surface area (Å²) in [7, 11) is 1.74. The molecule has 1 aromatic heterocycles. The second-order valence-electron chi connectivity index (χ2n) is 4.43. The summed E-state index contributed by atoms with van der Waals surface area (Å²) in [6.07, 6.45) is 4.33. The molecule has 1 heterocycles. The van der Waals surface area contributed by atoms with Crippen LogP contribution in [0.15, 0.2) is 53.8 Å². The van der Waals surface area contributed by atoms with Crippen molar-refractivity contribution in [2.45, 2.75) is 0 Å². The molecule has 0 fully saturated rings. The lowest BCUT2D eigenvalue weighted by Crippen LogP contribution is -2.15. The summed E-state index contributed by atoms with van der Waals surface area (Å²) >= 11 is 7.10. The number of hydrogen-bond donors (Lipinski definition) is 0. The Morgan fingerprint density at radius 2 is 2.04 bits per heavy atom. The van der Waals surface area contributed by atoms with Crippen LogP contribution in [0.25, 0.3) is 0 Å². The van der Waals surface area contributed by atoms with Gasteiger partial charge in [-0.15, -0.1) is 11.8 Å². The summed E-state index contributed by atoms with van der Waals surface area (Å²) in [5.41, 5.74) is 0.718. The van der Waals surface area contributed by atoms with E-state index in [1.807, 2.05) is 0 Å². The molecule has 0 radical (unpaired) electrons. The minimum absolute atomic E-state index is 0.424. The van der Waals surface area contributed by atoms with Gasteiger partial charge in [0.05, 0.1) is 16.8 Å². The lowest BCUT2D eigenvalue weighted by molar-refractivity contribution is -0.402. The van der Waals surface area contributed by atoms with Gasteiger partial charge >= 0.3 is 0 Å². The number of pyridine rings is 1. The van der Waals surface area contributed by atoms with Gasteiger partial charge in [0.2, 0.25) is 5.88 Å². The van der Waals surface area contributed by atoms with Crippen molar-refractivity contribution in [1.29, 1.82) is 0 Å². The highest BCUT2D eigenvalue weighted by atomic mass is 35.5. The van der Waals surface area contributed by atoms with Gasteiger partial charge in [0, 0.05) is 18.1 Å². The number of aromatic nitrogens is 1. The standard InChI is InChI=1S/C15H14ClN3O3S/c1-18(15(23-2)10-19(20)21)12-5-8-14(17-9-12)22-13-6-3-11(16)4-7-13/h3-10H,1-2H3/b15-10-. The van der Waals surface area contributed by atoms with Crippen LogP contribution in [0.3, 0.4) is 0 Å². The lowest BCUT2D eigenvalue weighted by Gasteiger charge is -2.18. The van der Waals surface area contributed by atoms with Crippen molar-refractivity contribution in [3.8, 4) is 11.6 Å². The summed E-state index contributed by atoms with van der Waals surface area (Å²) in [6.45, 7) is 0. The van der Waals surface area contributed by atoms with Crippen LogP contribution in [-0.4, -0.2) is 23.2 Å². The zero-order chi connectivity index (χ0) is 16.8. The lowest BCUT2D eigenvalue weighted by atomic mass is 10.3. The number of nitro groups is 1. The van der Waals surface area contributed by atoms with Crippen LogP contribution in [0, 0.1) is 10.1 Å². The van der Waals surface area contributed by atoms with Crippen molar-refractivity contribution >= 4 is 29.1 Å². The predicted molar refractivity (Wildman–Crippen MR) is 92.8 cm³/mol. The molecular weight excluding hydrogens is 338 g/mol. The molecule has 0 unspecified atom stereocenters. The first-order chi connectivity index (χ1) is 11.0. The Morgan fingerprint density at radius 1 is 1.35 bits per heavy atom. The first-order valence-corrected chi connectivity index (χ1v) is 8.12. The molecule has 0 spiro atoms. The molecule has 0 amide bonds. The number of halogens is 1. The highest BCUT2D eigenvalue weighted by molar-refractivity contribution is 8.02. The predicted octanol–water partition coefficient (Wildman–Crippen LogP) is 4.40. The van der Waals surface area contributed by atoms with Crippen molar-refractivity contribution in [3.05, 3.63) is 69.0 Å². The largest absolute Gasteiger partial charge is 0.439 e. The van der Waals surface area contributed by atoms with Gasteiger partial charge in [0.15, 0.2) is 0 Å². The fraction of sp³-hybridized carbons (Fsp3) is 0.133. The zero-order valence-corrected chi connectivity index (χ0v) is 14.0. The van der Waals surface area contributed by atoms with E-state index in [9.17, 15) is 10.1 Å². The molecule has 0 N–H and O–H groups in total. The molecular formula is C15H14ClN3O3S. The Morgan fingerprint density at radius 3 is 2.57 bits per heavy atom. The molecule has 0 bridgehead atoms. The van der Waals surface area contributed by atoms with Crippen molar-refractivity contribution in [1.82, 2.24) is 4.98 Å². The number of anilines is 1. The van der Waals surface area contributed by atoms with Crippen LogP contribution in [0.1, 0.15) is 0 Å². The molecule has 1 aromatic carbocycles. The van der Waals surface area contributed by atoms with Crippen molar-refractivity contribution in [3.63, 3.8) is 0 Å². The van der Waals surface area contributed by atoms with Crippen LogP contribution in [0.4, 0.5) is 5.69 Å². The minimum Gasteiger partial charge on any atom is -0.439 e. The van der Waals surface area contributed by atoms with Crippen molar-refractivity contribution < 1.29 is 9.66 Å². The van der Waals surface area contributed by atoms with E-state index in [0.717, 1.165) is 11.9 Å². The summed E-state index contributed by atoms with van der Waals surface area (Å²) in [6, 6.07) is 10.4. The molecule has 0 atom stereocenters. The van der Waals surface area contributed by atoms with Crippen LogP contribution >= 0.6 is 23.4 Å². The SMILES string of the molecule is CS/C(=C\[N+](=O)[O-])N(C)c1ccc(Oc2ccc(Cl)cc2)nc1. The minimum atomic E-state index is -0.478. The molecule has 120 valence electrons. The Kier molecular flexibility index (Phi) is 5.84. The fourth-order valence-electron chi connectivity index (χ4n) is 1.75. The first kappa shape index (κ1) is 17.1. The van der Waals surface area contributed by atoms with Crippen LogP contribution in [-0.2, 0) is 0 Å². The van der Waals surface area contributed by atoms with Gasteiger partial charge in [-0.2, -0.15) is 0 Å². The van der Waals surface area contributed by atoms with Crippen LogP contribution < -0.4 is 9.64 Å². The third-order valence-electron chi connectivity index (χ3n) is 2.90. The maximum atomic E-state index is 10.6. The normalized spacial score (nSPS) is 11.2. The van der Waals surface area contributed by atoms with Gasteiger partial charge in [0.1, 0.15) is 10.8 Å². The fourth-order valence-corrected chi connectivity index (χ4v) is 2.45. The molecule has 6 nitrogen and oxygen atoms in total. The van der Waals surface area contributed by atoms with E-state index in [2.05, 4.69) is 4.98 Å². The van der Waals surface area contributed by atoms with Gasteiger partial charge in [0.25, 0.3) is 6.20 Å². The number of benzene rings is 1. The summed E-state index contributed by atoms with van der Waals surface area (Å²) in [5, 5.41) is 11.8. The Labute approximate surface area is 142 Å². The quantitative estimate of drug-likeness (QED) is 0.567. The van der Waals surface area contributed by atoms with E-state index in [4.69, 9.17) is 16.3 Å².